The summed E-state index contributed by atoms with van der Waals surface area (Å²) in [5.41, 5.74) is 7.55. The van der Waals surface area contributed by atoms with E-state index in [-0.39, 0.29) is 12.6 Å². The highest BCUT2D eigenvalue weighted by atomic mass is 35.5. The lowest BCUT2D eigenvalue weighted by molar-refractivity contribution is 0.0173. The van der Waals surface area contributed by atoms with Crippen molar-refractivity contribution in [3.05, 3.63) is 71.0 Å². The number of halogens is 1. The Morgan fingerprint density at radius 3 is 2.57 bits per heavy atom. The Labute approximate surface area is 209 Å². The van der Waals surface area contributed by atoms with E-state index in [1.54, 1.807) is 6.08 Å². The van der Waals surface area contributed by atoms with Gasteiger partial charge in [-0.05, 0) is 50.0 Å². The van der Waals surface area contributed by atoms with E-state index in [1.165, 1.54) is 0 Å². The maximum Gasteiger partial charge on any atom is 0.126 e. The third kappa shape index (κ3) is 4.19. The van der Waals surface area contributed by atoms with Crippen LogP contribution in [0, 0.1) is 13.8 Å². The van der Waals surface area contributed by atoms with Crippen LogP contribution in [0.5, 0.6) is 0 Å². The fourth-order valence-electron chi connectivity index (χ4n) is 5.13. The Bertz CT molecular complexity index is 1370. The number of nitrogens with one attached hydrogen (secondary N) is 1. The summed E-state index contributed by atoms with van der Waals surface area (Å²) >= 11 is 6.95. The normalized spacial score (nSPS) is 16.1. The van der Waals surface area contributed by atoms with Crippen molar-refractivity contribution in [1.29, 1.82) is 0 Å². The first kappa shape index (κ1) is 23.8. The first-order chi connectivity index (χ1) is 16.9. The van der Waals surface area contributed by atoms with E-state index in [1.807, 2.05) is 48.4 Å². The zero-order valence-corrected chi connectivity index (χ0v) is 20.8. The molecule has 5 rings (SSSR count). The molecule has 1 aliphatic rings. The minimum atomic E-state index is -0.619. The summed E-state index contributed by atoms with van der Waals surface area (Å²) in [5, 5.41) is 33.8. The number of fused-ring (bicyclic) bond motifs is 1. The number of piperidine rings is 1. The average Bonchev–Trinajstić information content (AvgIpc) is 3.49. The molecule has 0 aliphatic carbocycles. The lowest BCUT2D eigenvalue weighted by Gasteiger charge is -2.34. The molecular formula is C27H30ClN5O2. The van der Waals surface area contributed by atoms with Crippen LogP contribution in [-0.2, 0) is 6.61 Å². The molecule has 35 heavy (non-hydrogen) atoms. The quantitative estimate of drug-likeness (QED) is 0.330. The number of rotatable bonds is 6. The van der Waals surface area contributed by atoms with E-state index in [0.717, 1.165) is 76.0 Å². The van der Waals surface area contributed by atoms with Gasteiger partial charge in [-0.2, -0.15) is 10.2 Å². The van der Waals surface area contributed by atoms with Crippen molar-refractivity contribution in [2.75, 3.05) is 13.1 Å². The zero-order valence-electron chi connectivity index (χ0n) is 20.0. The van der Waals surface area contributed by atoms with Crippen molar-refractivity contribution in [2.24, 2.45) is 0 Å². The number of aromatic amines is 1. The van der Waals surface area contributed by atoms with E-state index >= 15 is 0 Å². The number of benzene rings is 2. The molecule has 1 aliphatic heterocycles. The molecule has 0 spiro atoms. The molecule has 1 saturated heterocycles. The van der Waals surface area contributed by atoms with Gasteiger partial charge in [0.1, 0.15) is 11.9 Å². The first-order valence-corrected chi connectivity index (χ1v) is 12.3. The van der Waals surface area contributed by atoms with Crippen LogP contribution in [-0.4, -0.2) is 54.4 Å². The van der Waals surface area contributed by atoms with Gasteiger partial charge in [-0.3, -0.25) is 14.7 Å². The Balaban J connectivity index is 1.67. The number of hydrogen-bond donors (Lipinski definition) is 3. The van der Waals surface area contributed by atoms with Gasteiger partial charge in [-0.15, -0.1) is 0 Å². The Hall–Kier alpha value is -2.97. The number of likely N-dealkylation sites (tertiary alicyclic amines) is 1. The lowest BCUT2D eigenvalue weighted by Crippen LogP contribution is -2.41. The topological polar surface area (TPSA) is 90.2 Å². The minimum absolute atomic E-state index is 0.00487. The standard InChI is InChI=1S/C27H30ClN5O2/c1-4-23(35)32-11-9-20(10-12-32)33-17(3)24(27(31-33)19-7-5-18(15-34)6-8-19)25-21-14-29-30-22(21)13-16(2)26(25)28/h4-8,13-14,20,23,34-35H,1,9-12,15H2,2-3H3,(H,29,30). The van der Waals surface area contributed by atoms with Gasteiger partial charge in [0.15, 0.2) is 0 Å². The van der Waals surface area contributed by atoms with Gasteiger partial charge in [0, 0.05) is 40.9 Å². The second-order valence-electron chi connectivity index (χ2n) is 9.24. The van der Waals surface area contributed by atoms with Gasteiger partial charge in [0.2, 0.25) is 0 Å². The van der Waals surface area contributed by atoms with Gasteiger partial charge >= 0.3 is 0 Å². The predicted molar refractivity (Wildman–Crippen MR) is 139 cm³/mol. The Kier molecular flexibility index (Phi) is 6.51. The molecule has 1 unspecified atom stereocenters. The molecular weight excluding hydrogens is 462 g/mol. The summed E-state index contributed by atoms with van der Waals surface area (Å²) in [4.78, 5) is 2.03. The molecule has 2 aromatic heterocycles. The second kappa shape index (κ2) is 9.59. The Morgan fingerprint density at radius 2 is 1.91 bits per heavy atom. The summed E-state index contributed by atoms with van der Waals surface area (Å²) in [5.74, 6) is 0. The molecule has 7 nitrogen and oxygen atoms in total. The molecule has 2 aromatic carbocycles. The van der Waals surface area contributed by atoms with Crippen LogP contribution < -0.4 is 0 Å². The van der Waals surface area contributed by atoms with Crippen LogP contribution in [0.2, 0.25) is 5.02 Å². The van der Waals surface area contributed by atoms with Crippen molar-refractivity contribution < 1.29 is 10.2 Å². The monoisotopic (exact) mass is 491 g/mol. The second-order valence-corrected chi connectivity index (χ2v) is 9.62. The summed E-state index contributed by atoms with van der Waals surface area (Å²) in [6.45, 7) is 9.35. The molecule has 0 saturated carbocycles. The van der Waals surface area contributed by atoms with Crippen LogP contribution in [0.25, 0.3) is 33.3 Å². The van der Waals surface area contributed by atoms with Crippen molar-refractivity contribution in [3.63, 3.8) is 0 Å². The zero-order chi connectivity index (χ0) is 24.7. The van der Waals surface area contributed by atoms with Crippen LogP contribution in [0.15, 0.2) is 49.2 Å². The van der Waals surface area contributed by atoms with Crippen molar-refractivity contribution in [1.82, 2.24) is 24.9 Å². The number of aliphatic hydroxyl groups excluding tert-OH is 2. The Morgan fingerprint density at radius 1 is 1.20 bits per heavy atom. The minimum Gasteiger partial charge on any atom is -0.392 e. The number of aromatic nitrogens is 4. The SMILES string of the molecule is C=CC(O)N1CCC(n2nc(-c3ccc(CO)cc3)c(-c3c(Cl)c(C)cc4[nH]ncc34)c2C)CC1. The summed E-state index contributed by atoms with van der Waals surface area (Å²) in [6.07, 6.45) is 4.52. The first-order valence-electron chi connectivity index (χ1n) is 11.9. The van der Waals surface area contributed by atoms with Gasteiger partial charge in [-0.1, -0.05) is 42.4 Å². The van der Waals surface area contributed by atoms with Crippen molar-refractivity contribution in [2.45, 2.75) is 45.6 Å². The lowest BCUT2D eigenvalue weighted by atomic mass is 9.94. The number of hydrogen-bond acceptors (Lipinski definition) is 5. The van der Waals surface area contributed by atoms with E-state index in [4.69, 9.17) is 16.7 Å². The molecule has 0 bridgehead atoms. The highest BCUT2D eigenvalue weighted by molar-refractivity contribution is 6.36. The van der Waals surface area contributed by atoms with Crippen LogP contribution in [0.3, 0.4) is 0 Å². The number of H-pyrrole nitrogens is 1. The smallest absolute Gasteiger partial charge is 0.126 e. The van der Waals surface area contributed by atoms with E-state index in [2.05, 4.69) is 28.4 Å². The van der Waals surface area contributed by atoms with Crippen molar-refractivity contribution in [3.8, 4) is 22.4 Å². The number of aryl methyl sites for hydroxylation is 1. The van der Waals surface area contributed by atoms with Gasteiger partial charge in [0.25, 0.3) is 0 Å². The maximum atomic E-state index is 10.2. The van der Waals surface area contributed by atoms with Crippen LogP contribution >= 0.6 is 11.6 Å². The highest BCUT2D eigenvalue weighted by Crippen LogP contribution is 2.44. The largest absolute Gasteiger partial charge is 0.392 e. The van der Waals surface area contributed by atoms with E-state index < -0.39 is 6.23 Å². The molecule has 0 radical (unpaired) electrons. The molecule has 1 atom stereocenters. The summed E-state index contributed by atoms with van der Waals surface area (Å²) in [7, 11) is 0. The maximum absolute atomic E-state index is 10.2. The summed E-state index contributed by atoms with van der Waals surface area (Å²) in [6, 6.07) is 10.1. The highest BCUT2D eigenvalue weighted by Gasteiger charge is 2.29. The van der Waals surface area contributed by atoms with Gasteiger partial charge in [0.05, 0.1) is 29.4 Å². The van der Waals surface area contributed by atoms with Gasteiger partial charge in [-0.25, -0.2) is 0 Å². The van der Waals surface area contributed by atoms with Crippen molar-refractivity contribution >= 4 is 22.5 Å². The number of nitrogens with zero attached hydrogens (tertiary/aromatic N) is 4. The molecule has 182 valence electrons. The molecule has 8 heteroatoms. The third-order valence-electron chi connectivity index (χ3n) is 7.10. The van der Waals surface area contributed by atoms with E-state index in [9.17, 15) is 10.2 Å². The molecule has 1 fully saturated rings. The van der Waals surface area contributed by atoms with Crippen LogP contribution in [0.1, 0.15) is 35.7 Å². The van der Waals surface area contributed by atoms with Crippen LogP contribution in [0.4, 0.5) is 0 Å². The summed E-state index contributed by atoms with van der Waals surface area (Å²) < 4.78 is 2.13. The fraction of sp³-hybridized carbons (Fsp3) is 0.333. The molecule has 3 N–H and O–H groups in total. The van der Waals surface area contributed by atoms with Gasteiger partial charge < -0.3 is 10.2 Å². The van der Waals surface area contributed by atoms with E-state index in [0.29, 0.717) is 5.02 Å². The fourth-order valence-corrected chi connectivity index (χ4v) is 5.38. The molecule has 3 heterocycles. The predicted octanol–water partition coefficient (Wildman–Crippen LogP) is 5.00. The average molecular weight is 492 g/mol. The third-order valence-corrected chi connectivity index (χ3v) is 7.59. The molecule has 4 aromatic rings. The molecule has 0 amide bonds. The number of aliphatic hydroxyl groups is 2.